The molecule has 1 unspecified atom stereocenters. The van der Waals surface area contributed by atoms with E-state index in [4.69, 9.17) is 11.6 Å². The molecule has 1 saturated heterocycles. The first kappa shape index (κ1) is 26.0. The third-order valence-corrected chi connectivity index (χ3v) is 10.0. The summed E-state index contributed by atoms with van der Waals surface area (Å²) >= 11 is 5.71. The van der Waals surface area contributed by atoms with Crippen LogP contribution in [-0.4, -0.2) is 47.4 Å². The summed E-state index contributed by atoms with van der Waals surface area (Å²) in [5.74, 6) is -2.44. The number of nitrogens with one attached hydrogen (secondary N) is 1. The molecule has 3 fully saturated rings. The Hall–Kier alpha value is -2.59. The smallest absolute Gasteiger partial charge is 0.256 e. The fourth-order valence-electron chi connectivity index (χ4n) is 5.16. The minimum atomic E-state index is -3.54. The summed E-state index contributed by atoms with van der Waals surface area (Å²) in [6.45, 7) is 1.91. The lowest BCUT2D eigenvalue weighted by Crippen LogP contribution is -2.49. The van der Waals surface area contributed by atoms with Gasteiger partial charge in [0.1, 0.15) is 17.7 Å². The number of halogens is 3. The summed E-state index contributed by atoms with van der Waals surface area (Å²) in [6, 6.07) is 1.46. The summed E-state index contributed by atoms with van der Waals surface area (Å²) in [4.78, 5) is 32.6. The van der Waals surface area contributed by atoms with Gasteiger partial charge in [0.25, 0.3) is 5.91 Å². The number of likely N-dealkylation sites (tertiary alicyclic amines) is 1. The zero-order valence-electron chi connectivity index (χ0n) is 20.3. The number of rotatable bonds is 8. The minimum absolute atomic E-state index is 0.00290. The maximum atomic E-state index is 14.7. The molecular formula is C26H28ClF2N3O4S. The van der Waals surface area contributed by atoms with Crippen molar-refractivity contribution in [3.63, 3.8) is 0 Å². The van der Waals surface area contributed by atoms with Gasteiger partial charge in [0.05, 0.1) is 26.8 Å². The fraction of sp³-hybridized carbons (Fsp3) is 0.500. The molecular weight excluding hydrogens is 524 g/mol. The number of carbonyl (C=O) groups is 2. The van der Waals surface area contributed by atoms with Crippen LogP contribution >= 0.6 is 11.6 Å². The van der Waals surface area contributed by atoms with Crippen LogP contribution in [0.5, 0.6) is 0 Å². The first-order valence-electron chi connectivity index (χ1n) is 12.6. The molecule has 0 spiro atoms. The van der Waals surface area contributed by atoms with E-state index in [0.717, 1.165) is 25.0 Å². The van der Waals surface area contributed by atoms with Crippen molar-refractivity contribution >= 4 is 33.3 Å². The molecule has 37 heavy (non-hydrogen) atoms. The summed E-state index contributed by atoms with van der Waals surface area (Å²) in [7, 11) is -3.54. The summed E-state index contributed by atoms with van der Waals surface area (Å²) in [5, 5.41) is 2.10. The number of sulfone groups is 1. The summed E-state index contributed by atoms with van der Waals surface area (Å²) < 4.78 is 54.2. The number of pyridine rings is 1. The minimum Gasteiger partial charge on any atom is -0.347 e. The molecule has 1 aromatic heterocycles. The largest absolute Gasteiger partial charge is 0.347 e. The Morgan fingerprint density at radius 3 is 2.46 bits per heavy atom. The lowest BCUT2D eigenvalue weighted by molar-refractivity contribution is -0.126. The first-order chi connectivity index (χ1) is 17.6. The molecule has 7 nitrogen and oxygen atoms in total. The van der Waals surface area contributed by atoms with Crippen LogP contribution in [0.15, 0.2) is 35.5 Å². The Bertz CT molecular complexity index is 1350. The van der Waals surface area contributed by atoms with Gasteiger partial charge < -0.3 is 10.2 Å². The lowest BCUT2D eigenvalue weighted by Gasteiger charge is -2.31. The van der Waals surface area contributed by atoms with Crippen molar-refractivity contribution in [2.45, 2.75) is 80.1 Å². The molecule has 1 aliphatic heterocycles. The maximum Gasteiger partial charge on any atom is 0.256 e. The van der Waals surface area contributed by atoms with Crippen LogP contribution in [0.25, 0.3) is 0 Å². The number of carbonyl (C=O) groups excluding carboxylic acids is 2. The van der Waals surface area contributed by atoms with Gasteiger partial charge in [0, 0.05) is 24.0 Å². The molecule has 0 radical (unpaired) electrons. The number of hydrogen-bond acceptors (Lipinski definition) is 5. The number of aromatic nitrogens is 1. The zero-order chi connectivity index (χ0) is 26.5. The van der Waals surface area contributed by atoms with Gasteiger partial charge in [-0.3, -0.25) is 14.6 Å². The normalized spacial score (nSPS) is 22.6. The number of amides is 2. The average molecular weight is 552 g/mol. The second kappa shape index (κ2) is 9.94. The van der Waals surface area contributed by atoms with Crippen LogP contribution in [0.1, 0.15) is 73.8 Å². The second-order valence-corrected chi connectivity index (χ2v) is 12.8. The van der Waals surface area contributed by atoms with Gasteiger partial charge in [-0.1, -0.05) is 18.5 Å². The molecule has 0 bridgehead atoms. The van der Waals surface area contributed by atoms with Crippen LogP contribution in [0, 0.1) is 17.6 Å². The SMILES string of the molecule is CC[C@@H]1CC[C@H](C(=O)NC(c2cc(F)c(Cl)cc2F)C2CC2)N1C(=O)c1cncc(S(=O)(=O)C2CC2)c1. The predicted octanol–water partition coefficient (Wildman–Crippen LogP) is 4.60. The number of benzene rings is 1. The maximum absolute atomic E-state index is 14.7. The quantitative estimate of drug-likeness (QED) is 0.484. The molecule has 1 aromatic carbocycles. The van der Waals surface area contributed by atoms with E-state index < -0.39 is 50.6 Å². The van der Waals surface area contributed by atoms with Crippen LogP contribution in [0.2, 0.25) is 5.02 Å². The second-order valence-electron chi connectivity index (χ2n) is 10.1. The highest BCUT2D eigenvalue weighted by atomic mass is 35.5. The zero-order valence-corrected chi connectivity index (χ0v) is 21.9. The van der Waals surface area contributed by atoms with Gasteiger partial charge in [0.15, 0.2) is 9.84 Å². The molecule has 2 saturated carbocycles. The Morgan fingerprint density at radius 2 is 1.81 bits per heavy atom. The van der Waals surface area contributed by atoms with E-state index in [1.54, 1.807) is 0 Å². The molecule has 3 atom stereocenters. The highest BCUT2D eigenvalue weighted by molar-refractivity contribution is 7.92. The molecule has 198 valence electrons. The van der Waals surface area contributed by atoms with Crippen LogP contribution in [-0.2, 0) is 14.6 Å². The standard InChI is InChI=1S/C26H28ClF2N3O4S/c1-2-16-5-8-23(25(33)31-24(14-3-4-14)19-10-22(29)20(27)11-21(19)28)32(16)26(34)15-9-18(13-30-12-15)37(35,36)17-6-7-17/h9-14,16-17,23-24H,2-8H2,1H3,(H,31,33)/t16-,23-,24?/m1/s1. The van der Waals surface area contributed by atoms with Crippen molar-refractivity contribution in [1.82, 2.24) is 15.2 Å². The van der Waals surface area contributed by atoms with Crippen molar-refractivity contribution in [1.29, 1.82) is 0 Å². The Kier molecular flexibility index (Phi) is 7.00. The Labute approximate surface area is 219 Å². The van der Waals surface area contributed by atoms with Crippen LogP contribution in [0.3, 0.4) is 0 Å². The monoisotopic (exact) mass is 551 g/mol. The van der Waals surface area contributed by atoms with Crippen molar-refractivity contribution in [3.05, 3.63) is 58.4 Å². The summed E-state index contributed by atoms with van der Waals surface area (Å²) in [6.07, 6.45) is 6.85. The van der Waals surface area contributed by atoms with Gasteiger partial charge in [-0.25, -0.2) is 17.2 Å². The van der Waals surface area contributed by atoms with Crippen LogP contribution in [0.4, 0.5) is 8.78 Å². The summed E-state index contributed by atoms with van der Waals surface area (Å²) in [5.41, 5.74) is 0.132. The third-order valence-electron chi connectivity index (χ3n) is 7.53. The molecule has 2 aliphatic carbocycles. The topological polar surface area (TPSA) is 96.4 Å². The van der Waals surface area contributed by atoms with Gasteiger partial charge in [-0.15, -0.1) is 0 Å². The van der Waals surface area contributed by atoms with Crippen molar-refractivity contribution in [2.24, 2.45) is 5.92 Å². The molecule has 11 heteroatoms. The highest BCUT2D eigenvalue weighted by Crippen LogP contribution is 2.43. The van der Waals surface area contributed by atoms with Gasteiger partial charge in [-0.05, 0) is 69.1 Å². The van der Waals surface area contributed by atoms with E-state index in [1.165, 1.54) is 23.4 Å². The number of nitrogens with zero attached hydrogens (tertiary/aromatic N) is 2. The third kappa shape index (κ3) is 5.10. The van der Waals surface area contributed by atoms with Crippen molar-refractivity contribution < 1.29 is 26.8 Å². The van der Waals surface area contributed by atoms with E-state index in [9.17, 15) is 26.8 Å². The van der Waals surface area contributed by atoms with E-state index in [2.05, 4.69) is 10.3 Å². The van der Waals surface area contributed by atoms with E-state index in [1.807, 2.05) is 6.92 Å². The Balaban J connectivity index is 1.40. The molecule has 1 N–H and O–H groups in total. The molecule has 2 heterocycles. The van der Waals surface area contributed by atoms with E-state index in [-0.39, 0.29) is 33.0 Å². The van der Waals surface area contributed by atoms with Gasteiger partial charge in [-0.2, -0.15) is 0 Å². The van der Waals surface area contributed by atoms with Crippen molar-refractivity contribution in [2.75, 3.05) is 0 Å². The molecule has 2 aromatic rings. The lowest BCUT2D eigenvalue weighted by atomic mass is 10.0. The average Bonchev–Trinajstić information content (AvgIpc) is 3.81. The first-order valence-corrected chi connectivity index (χ1v) is 14.5. The molecule has 5 rings (SSSR count). The van der Waals surface area contributed by atoms with Crippen molar-refractivity contribution in [3.8, 4) is 0 Å². The molecule has 3 aliphatic rings. The predicted molar refractivity (Wildman–Crippen MR) is 133 cm³/mol. The van der Waals surface area contributed by atoms with Gasteiger partial charge in [0.2, 0.25) is 5.91 Å². The highest BCUT2D eigenvalue weighted by Gasteiger charge is 2.44. The van der Waals surface area contributed by atoms with Gasteiger partial charge >= 0.3 is 0 Å². The molecule has 2 amide bonds. The fourth-order valence-corrected chi connectivity index (χ4v) is 6.96. The van der Waals surface area contributed by atoms with E-state index in [0.29, 0.717) is 32.1 Å². The Morgan fingerprint density at radius 1 is 1.08 bits per heavy atom. The van der Waals surface area contributed by atoms with Crippen LogP contribution < -0.4 is 5.32 Å². The van der Waals surface area contributed by atoms with E-state index >= 15 is 0 Å². The number of hydrogen-bond donors (Lipinski definition) is 1.